The standard InChI is InChI=1S/C11H14N2O3/c1-12-10(15)11(16)13-7-6-8-2-4-9(14)5-3-8/h2-5,14H,6-7H2,1H3,(H,12,15)(H,13,16). The monoisotopic (exact) mass is 222 g/mol. The molecule has 0 spiro atoms. The van der Waals surface area contributed by atoms with Crippen molar-refractivity contribution in [3.05, 3.63) is 29.8 Å². The van der Waals surface area contributed by atoms with Crippen molar-refractivity contribution in [2.45, 2.75) is 6.42 Å². The molecule has 0 saturated carbocycles. The molecule has 0 bridgehead atoms. The normalized spacial score (nSPS) is 9.56. The van der Waals surface area contributed by atoms with Gasteiger partial charge in [0.1, 0.15) is 5.75 Å². The molecule has 1 aromatic carbocycles. The second kappa shape index (κ2) is 5.75. The summed E-state index contributed by atoms with van der Waals surface area (Å²) in [5, 5.41) is 13.8. The number of amides is 2. The van der Waals surface area contributed by atoms with Crippen molar-refractivity contribution in [2.24, 2.45) is 0 Å². The van der Waals surface area contributed by atoms with Crippen LogP contribution in [0.15, 0.2) is 24.3 Å². The lowest BCUT2D eigenvalue weighted by Crippen LogP contribution is -2.38. The van der Waals surface area contributed by atoms with Crippen LogP contribution in [0.2, 0.25) is 0 Å². The van der Waals surface area contributed by atoms with E-state index < -0.39 is 11.8 Å². The van der Waals surface area contributed by atoms with E-state index >= 15 is 0 Å². The van der Waals surface area contributed by atoms with E-state index in [4.69, 9.17) is 5.11 Å². The number of phenols is 1. The Morgan fingerprint density at radius 3 is 2.38 bits per heavy atom. The highest BCUT2D eigenvalue weighted by atomic mass is 16.3. The molecule has 1 rings (SSSR count). The zero-order valence-corrected chi connectivity index (χ0v) is 8.99. The van der Waals surface area contributed by atoms with E-state index in [1.807, 2.05) is 0 Å². The first-order valence-electron chi connectivity index (χ1n) is 4.91. The molecule has 86 valence electrons. The zero-order chi connectivity index (χ0) is 12.0. The minimum atomic E-state index is -0.647. The SMILES string of the molecule is CNC(=O)C(=O)NCCc1ccc(O)cc1. The average Bonchev–Trinajstić information content (AvgIpc) is 2.30. The van der Waals surface area contributed by atoms with Crippen LogP contribution in [0.4, 0.5) is 0 Å². The van der Waals surface area contributed by atoms with Crippen LogP contribution in [0.3, 0.4) is 0 Å². The lowest BCUT2D eigenvalue weighted by Gasteiger charge is -2.04. The third-order valence-corrected chi connectivity index (χ3v) is 2.07. The van der Waals surface area contributed by atoms with Gasteiger partial charge in [0.15, 0.2) is 0 Å². The minimum Gasteiger partial charge on any atom is -0.508 e. The van der Waals surface area contributed by atoms with Crippen LogP contribution in [0, 0.1) is 0 Å². The van der Waals surface area contributed by atoms with Gasteiger partial charge in [-0.25, -0.2) is 0 Å². The van der Waals surface area contributed by atoms with Gasteiger partial charge in [-0.3, -0.25) is 9.59 Å². The second-order valence-corrected chi connectivity index (χ2v) is 3.25. The van der Waals surface area contributed by atoms with Crippen LogP contribution in [0.5, 0.6) is 5.75 Å². The first kappa shape index (κ1) is 12.0. The highest BCUT2D eigenvalue weighted by Crippen LogP contribution is 2.09. The molecule has 0 unspecified atom stereocenters. The Bertz CT molecular complexity index is 373. The maximum atomic E-state index is 11.1. The quantitative estimate of drug-likeness (QED) is 0.619. The highest BCUT2D eigenvalue weighted by Gasteiger charge is 2.09. The van der Waals surface area contributed by atoms with Crippen molar-refractivity contribution in [1.82, 2.24) is 10.6 Å². The third kappa shape index (κ3) is 3.61. The van der Waals surface area contributed by atoms with E-state index in [1.54, 1.807) is 24.3 Å². The molecule has 0 saturated heterocycles. The Labute approximate surface area is 93.5 Å². The number of likely N-dealkylation sites (N-methyl/N-ethyl adjacent to an activating group) is 1. The lowest BCUT2D eigenvalue weighted by atomic mass is 10.1. The first-order valence-corrected chi connectivity index (χ1v) is 4.91. The van der Waals surface area contributed by atoms with Crippen LogP contribution in [0.25, 0.3) is 0 Å². The number of benzene rings is 1. The second-order valence-electron chi connectivity index (χ2n) is 3.25. The molecule has 0 aliphatic heterocycles. The highest BCUT2D eigenvalue weighted by molar-refractivity contribution is 6.34. The molecule has 0 aliphatic rings. The molecule has 0 aliphatic carbocycles. The van der Waals surface area contributed by atoms with Gasteiger partial charge in [0.25, 0.3) is 0 Å². The van der Waals surface area contributed by atoms with Crippen molar-refractivity contribution in [3.8, 4) is 5.75 Å². The molecule has 5 heteroatoms. The summed E-state index contributed by atoms with van der Waals surface area (Å²) in [5.41, 5.74) is 0.981. The number of nitrogens with one attached hydrogen (secondary N) is 2. The number of hydrogen-bond donors (Lipinski definition) is 3. The van der Waals surface area contributed by atoms with Gasteiger partial charge in [0.05, 0.1) is 0 Å². The van der Waals surface area contributed by atoms with E-state index in [1.165, 1.54) is 7.05 Å². The van der Waals surface area contributed by atoms with Gasteiger partial charge in [-0.2, -0.15) is 0 Å². The minimum absolute atomic E-state index is 0.207. The number of carbonyl (C=O) groups excluding carboxylic acids is 2. The Balaban J connectivity index is 2.33. The smallest absolute Gasteiger partial charge is 0.309 e. The molecule has 1 aromatic rings. The molecule has 0 aromatic heterocycles. The summed E-state index contributed by atoms with van der Waals surface area (Å²) in [5.74, 6) is -1.08. The van der Waals surface area contributed by atoms with Gasteiger partial charge in [0, 0.05) is 13.6 Å². The molecule has 5 nitrogen and oxygen atoms in total. The van der Waals surface area contributed by atoms with Gasteiger partial charge >= 0.3 is 11.8 Å². The van der Waals surface area contributed by atoms with Gasteiger partial charge in [0.2, 0.25) is 0 Å². The Morgan fingerprint density at radius 2 is 1.81 bits per heavy atom. The van der Waals surface area contributed by atoms with Crippen LogP contribution in [-0.4, -0.2) is 30.5 Å². The molecule has 0 fully saturated rings. The fraction of sp³-hybridized carbons (Fsp3) is 0.273. The van der Waals surface area contributed by atoms with E-state index in [9.17, 15) is 9.59 Å². The molecule has 2 amide bonds. The summed E-state index contributed by atoms with van der Waals surface area (Å²) in [4.78, 5) is 21.9. The Morgan fingerprint density at radius 1 is 1.19 bits per heavy atom. The Kier molecular flexibility index (Phi) is 4.32. The van der Waals surface area contributed by atoms with Gasteiger partial charge in [-0.05, 0) is 24.1 Å². The van der Waals surface area contributed by atoms with E-state index in [0.29, 0.717) is 13.0 Å². The predicted octanol–water partition coefficient (Wildman–Crippen LogP) is -0.203. The Hall–Kier alpha value is -2.04. The third-order valence-electron chi connectivity index (χ3n) is 2.07. The molecule has 3 N–H and O–H groups in total. The number of aromatic hydroxyl groups is 1. The zero-order valence-electron chi connectivity index (χ0n) is 8.99. The number of carbonyl (C=O) groups is 2. The fourth-order valence-corrected chi connectivity index (χ4v) is 1.18. The molecular weight excluding hydrogens is 208 g/mol. The largest absolute Gasteiger partial charge is 0.508 e. The summed E-state index contributed by atoms with van der Waals surface area (Å²) in [7, 11) is 1.40. The van der Waals surface area contributed by atoms with Crippen molar-refractivity contribution in [2.75, 3.05) is 13.6 Å². The average molecular weight is 222 g/mol. The summed E-state index contributed by atoms with van der Waals surface area (Å²) in [6, 6.07) is 6.69. The maximum Gasteiger partial charge on any atom is 0.309 e. The molecule has 0 heterocycles. The van der Waals surface area contributed by atoms with Gasteiger partial charge in [-0.1, -0.05) is 12.1 Å². The molecule has 0 atom stereocenters. The van der Waals surface area contributed by atoms with Crippen LogP contribution in [0.1, 0.15) is 5.56 Å². The van der Waals surface area contributed by atoms with Crippen molar-refractivity contribution in [3.63, 3.8) is 0 Å². The summed E-state index contributed by atoms with van der Waals surface area (Å²) < 4.78 is 0. The molecule has 16 heavy (non-hydrogen) atoms. The fourth-order valence-electron chi connectivity index (χ4n) is 1.18. The predicted molar refractivity (Wildman–Crippen MR) is 58.9 cm³/mol. The van der Waals surface area contributed by atoms with Gasteiger partial charge < -0.3 is 15.7 Å². The summed E-state index contributed by atoms with van der Waals surface area (Å²) >= 11 is 0. The van der Waals surface area contributed by atoms with E-state index in [2.05, 4.69) is 10.6 Å². The summed E-state index contributed by atoms with van der Waals surface area (Å²) in [6.07, 6.45) is 0.614. The van der Waals surface area contributed by atoms with Gasteiger partial charge in [-0.15, -0.1) is 0 Å². The van der Waals surface area contributed by atoms with E-state index in [0.717, 1.165) is 5.56 Å². The van der Waals surface area contributed by atoms with Crippen LogP contribution < -0.4 is 10.6 Å². The number of phenolic OH excluding ortho intramolecular Hbond substituents is 1. The molecule has 0 radical (unpaired) electrons. The topological polar surface area (TPSA) is 78.4 Å². The number of hydrogen-bond acceptors (Lipinski definition) is 3. The summed E-state index contributed by atoms with van der Waals surface area (Å²) in [6.45, 7) is 0.386. The lowest BCUT2D eigenvalue weighted by molar-refractivity contribution is -0.138. The number of rotatable bonds is 3. The molecular formula is C11H14N2O3. The maximum absolute atomic E-state index is 11.1. The van der Waals surface area contributed by atoms with Crippen molar-refractivity contribution >= 4 is 11.8 Å². The van der Waals surface area contributed by atoms with E-state index in [-0.39, 0.29) is 5.75 Å². The van der Waals surface area contributed by atoms with Crippen LogP contribution >= 0.6 is 0 Å². The van der Waals surface area contributed by atoms with Crippen molar-refractivity contribution < 1.29 is 14.7 Å². The van der Waals surface area contributed by atoms with Crippen LogP contribution in [-0.2, 0) is 16.0 Å². The van der Waals surface area contributed by atoms with Crippen molar-refractivity contribution in [1.29, 1.82) is 0 Å². The first-order chi connectivity index (χ1) is 7.63.